The van der Waals surface area contributed by atoms with Crippen molar-refractivity contribution in [2.75, 3.05) is 12.3 Å². The number of hydrogen-bond acceptors (Lipinski definition) is 4. The minimum absolute atomic E-state index is 0.521. The van der Waals surface area contributed by atoms with Crippen LogP contribution in [0.4, 0.5) is 5.82 Å². The molecule has 0 aliphatic heterocycles. The fourth-order valence-electron chi connectivity index (χ4n) is 0.737. The van der Waals surface area contributed by atoms with Gasteiger partial charge in [0.05, 0.1) is 6.54 Å². The molecular weight excluding hydrogens is 140 g/mol. The van der Waals surface area contributed by atoms with E-state index in [1.165, 1.54) is 0 Å². The lowest BCUT2D eigenvalue weighted by atomic mass is 10.5. The molecule has 0 aliphatic rings. The molecule has 11 heavy (non-hydrogen) atoms. The highest BCUT2D eigenvalue weighted by molar-refractivity contribution is 5.24. The fourth-order valence-corrected chi connectivity index (χ4v) is 0.737. The summed E-state index contributed by atoms with van der Waals surface area (Å²) in [4.78, 5) is 8.04. The summed E-state index contributed by atoms with van der Waals surface area (Å²) in [6.07, 6.45) is 1.66. The fraction of sp³-hybridized carbons (Fsp3) is 0.429. The van der Waals surface area contributed by atoms with Gasteiger partial charge in [-0.3, -0.25) is 0 Å². The maximum absolute atomic E-state index is 5.45. The second-order valence-electron chi connectivity index (χ2n) is 2.18. The highest BCUT2D eigenvalue weighted by Gasteiger charge is 1.93. The summed E-state index contributed by atoms with van der Waals surface area (Å²) in [5.74, 6) is 1.26. The van der Waals surface area contributed by atoms with Crippen molar-refractivity contribution in [2.24, 2.45) is 0 Å². The zero-order valence-electron chi connectivity index (χ0n) is 6.54. The second-order valence-corrected chi connectivity index (χ2v) is 2.18. The lowest BCUT2D eigenvalue weighted by molar-refractivity contribution is 0.691. The van der Waals surface area contributed by atoms with Gasteiger partial charge in [-0.15, -0.1) is 0 Å². The van der Waals surface area contributed by atoms with Crippen LogP contribution in [0.5, 0.6) is 0 Å². The Morgan fingerprint density at radius 2 is 2.45 bits per heavy atom. The number of hydrogen-bond donors (Lipinski definition) is 2. The van der Waals surface area contributed by atoms with Crippen molar-refractivity contribution in [3.05, 3.63) is 18.1 Å². The minimum Gasteiger partial charge on any atom is -0.384 e. The van der Waals surface area contributed by atoms with E-state index >= 15 is 0 Å². The van der Waals surface area contributed by atoms with Crippen LogP contribution in [0.1, 0.15) is 12.7 Å². The molecule has 0 saturated heterocycles. The van der Waals surface area contributed by atoms with Gasteiger partial charge in [0.1, 0.15) is 11.6 Å². The minimum atomic E-state index is 0.521. The Morgan fingerprint density at radius 3 is 3.09 bits per heavy atom. The normalized spacial score (nSPS) is 9.91. The van der Waals surface area contributed by atoms with Crippen LogP contribution in [0.3, 0.4) is 0 Å². The van der Waals surface area contributed by atoms with E-state index in [0.717, 1.165) is 12.4 Å². The van der Waals surface area contributed by atoms with Gasteiger partial charge in [-0.25, -0.2) is 9.97 Å². The third kappa shape index (κ3) is 2.51. The Labute approximate surface area is 65.9 Å². The molecule has 0 fully saturated rings. The van der Waals surface area contributed by atoms with Crippen LogP contribution in [-0.4, -0.2) is 16.5 Å². The van der Waals surface area contributed by atoms with Crippen molar-refractivity contribution >= 4 is 5.82 Å². The van der Waals surface area contributed by atoms with Crippen LogP contribution in [0.25, 0.3) is 0 Å². The quantitative estimate of drug-likeness (QED) is 0.648. The first-order valence-corrected chi connectivity index (χ1v) is 3.61. The summed E-state index contributed by atoms with van der Waals surface area (Å²) in [7, 11) is 0. The standard InChI is InChI=1S/C7H12N4/c1-2-9-5-7-10-4-3-6(8)11-7/h3-4,9H,2,5H2,1H3,(H2,8,10,11). The molecule has 0 radical (unpaired) electrons. The van der Waals surface area contributed by atoms with Gasteiger partial charge in [-0.2, -0.15) is 0 Å². The SMILES string of the molecule is CCNCc1nccc(N)n1. The Balaban J connectivity index is 2.56. The topological polar surface area (TPSA) is 63.8 Å². The Morgan fingerprint density at radius 1 is 1.64 bits per heavy atom. The first-order chi connectivity index (χ1) is 5.33. The number of rotatable bonds is 3. The second kappa shape index (κ2) is 3.88. The Kier molecular flexibility index (Phi) is 2.80. The van der Waals surface area contributed by atoms with Gasteiger partial charge in [-0.05, 0) is 12.6 Å². The molecule has 1 aromatic rings. The summed E-state index contributed by atoms with van der Waals surface area (Å²) in [5, 5.41) is 3.11. The first kappa shape index (κ1) is 7.94. The van der Waals surface area contributed by atoms with E-state index < -0.39 is 0 Å². The van der Waals surface area contributed by atoms with Crippen LogP contribution in [0.15, 0.2) is 12.3 Å². The molecule has 4 nitrogen and oxygen atoms in total. The van der Waals surface area contributed by atoms with E-state index in [2.05, 4.69) is 15.3 Å². The predicted molar refractivity (Wildman–Crippen MR) is 43.8 cm³/mol. The molecule has 3 N–H and O–H groups in total. The molecule has 1 aromatic heterocycles. The van der Waals surface area contributed by atoms with Gasteiger partial charge in [0.15, 0.2) is 0 Å². The third-order valence-electron chi connectivity index (χ3n) is 1.26. The molecule has 0 bridgehead atoms. The largest absolute Gasteiger partial charge is 0.384 e. The smallest absolute Gasteiger partial charge is 0.144 e. The number of aromatic nitrogens is 2. The summed E-state index contributed by atoms with van der Waals surface area (Å²) >= 11 is 0. The van der Waals surface area contributed by atoms with Crippen molar-refractivity contribution in [2.45, 2.75) is 13.5 Å². The molecule has 1 heterocycles. The molecule has 60 valence electrons. The molecule has 0 aromatic carbocycles. The highest BCUT2D eigenvalue weighted by Crippen LogP contribution is 1.94. The Bertz CT molecular complexity index is 223. The average molecular weight is 152 g/mol. The number of nitrogen functional groups attached to an aromatic ring is 1. The predicted octanol–water partition coefficient (Wildman–Crippen LogP) is 0.168. The zero-order valence-corrected chi connectivity index (χ0v) is 6.54. The van der Waals surface area contributed by atoms with E-state index in [1.54, 1.807) is 12.3 Å². The van der Waals surface area contributed by atoms with Crippen LogP contribution in [-0.2, 0) is 6.54 Å². The van der Waals surface area contributed by atoms with Crippen LogP contribution >= 0.6 is 0 Å². The van der Waals surface area contributed by atoms with Gasteiger partial charge >= 0.3 is 0 Å². The summed E-state index contributed by atoms with van der Waals surface area (Å²) < 4.78 is 0. The molecular formula is C7H12N4. The first-order valence-electron chi connectivity index (χ1n) is 3.61. The van der Waals surface area contributed by atoms with Crippen molar-refractivity contribution in [1.29, 1.82) is 0 Å². The van der Waals surface area contributed by atoms with Gasteiger partial charge in [-0.1, -0.05) is 6.92 Å². The molecule has 0 spiro atoms. The molecule has 0 atom stereocenters. The summed E-state index contributed by atoms with van der Waals surface area (Å²) in [6.45, 7) is 3.63. The lowest BCUT2D eigenvalue weighted by Crippen LogP contribution is -2.14. The van der Waals surface area contributed by atoms with Crippen molar-refractivity contribution in [3.63, 3.8) is 0 Å². The van der Waals surface area contributed by atoms with E-state index in [-0.39, 0.29) is 0 Å². The summed E-state index contributed by atoms with van der Waals surface area (Å²) in [6, 6.07) is 1.68. The third-order valence-corrected chi connectivity index (χ3v) is 1.26. The van der Waals surface area contributed by atoms with Crippen molar-refractivity contribution in [1.82, 2.24) is 15.3 Å². The number of nitrogens with one attached hydrogen (secondary N) is 1. The van der Waals surface area contributed by atoms with Crippen molar-refractivity contribution in [3.8, 4) is 0 Å². The van der Waals surface area contributed by atoms with E-state index in [1.807, 2.05) is 6.92 Å². The molecule has 0 amide bonds. The average Bonchev–Trinajstić information content (AvgIpc) is 2.01. The molecule has 4 heteroatoms. The maximum atomic E-state index is 5.45. The van der Waals surface area contributed by atoms with E-state index in [9.17, 15) is 0 Å². The van der Waals surface area contributed by atoms with Crippen LogP contribution < -0.4 is 11.1 Å². The van der Waals surface area contributed by atoms with Gasteiger partial charge in [0.25, 0.3) is 0 Å². The van der Waals surface area contributed by atoms with E-state index in [4.69, 9.17) is 5.73 Å². The molecule has 0 aliphatic carbocycles. The monoisotopic (exact) mass is 152 g/mol. The van der Waals surface area contributed by atoms with Gasteiger partial charge in [0, 0.05) is 6.20 Å². The molecule has 0 unspecified atom stereocenters. The number of anilines is 1. The zero-order chi connectivity index (χ0) is 8.10. The van der Waals surface area contributed by atoms with E-state index in [0.29, 0.717) is 12.4 Å². The molecule has 1 rings (SSSR count). The van der Waals surface area contributed by atoms with Gasteiger partial charge in [0.2, 0.25) is 0 Å². The highest BCUT2D eigenvalue weighted by atomic mass is 15.0. The Hall–Kier alpha value is -1.16. The number of nitrogens with zero attached hydrogens (tertiary/aromatic N) is 2. The van der Waals surface area contributed by atoms with Crippen molar-refractivity contribution < 1.29 is 0 Å². The molecule has 0 saturated carbocycles. The number of nitrogens with two attached hydrogens (primary N) is 1. The maximum Gasteiger partial charge on any atom is 0.144 e. The summed E-state index contributed by atoms with van der Waals surface area (Å²) in [5.41, 5.74) is 5.45. The lowest BCUT2D eigenvalue weighted by Gasteiger charge is -1.99. The van der Waals surface area contributed by atoms with Crippen LogP contribution in [0.2, 0.25) is 0 Å². The van der Waals surface area contributed by atoms with Crippen LogP contribution in [0, 0.1) is 0 Å². The van der Waals surface area contributed by atoms with Gasteiger partial charge < -0.3 is 11.1 Å².